The Kier molecular flexibility index (Phi) is 7.92. The van der Waals surface area contributed by atoms with Crippen LogP contribution in [0.25, 0.3) is 0 Å². The third kappa shape index (κ3) is 5.23. The molecule has 1 saturated heterocycles. The standard InChI is InChI=1S/C21H18Cl4O5/c1-2-21(27)19(29-10-13-4-6-15(23)8-17(13)25)18(30-20(21)26)11-28-9-12-3-5-14(22)7-16(12)24/h1,3-8,18-20,26-27H,9-11H2/t18-,19-,20?,21-/m1/s1. The maximum Gasteiger partial charge on any atom is 0.205 e. The van der Waals surface area contributed by atoms with Crippen molar-refractivity contribution in [2.75, 3.05) is 6.61 Å². The molecule has 0 radical (unpaired) electrons. The van der Waals surface area contributed by atoms with Gasteiger partial charge in [-0.15, -0.1) is 6.42 Å². The van der Waals surface area contributed by atoms with Gasteiger partial charge in [0.25, 0.3) is 0 Å². The van der Waals surface area contributed by atoms with Crippen LogP contribution in [0.15, 0.2) is 36.4 Å². The SMILES string of the molecule is C#C[C@]1(O)C(O)O[C@H](COCc2ccc(Cl)cc2Cl)[C@H]1OCc1ccc(Cl)cc1Cl. The first-order chi connectivity index (χ1) is 14.2. The van der Waals surface area contributed by atoms with Crippen LogP contribution in [0.4, 0.5) is 0 Å². The zero-order valence-corrected chi connectivity index (χ0v) is 18.5. The van der Waals surface area contributed by atoms with E-state index in [2.05, 4.69) is 5.92 Å². The van der Waals surface area contributed by atoms with Gasteiger partial charge in [-0.05, 0) is 35.4 Å². The van der Waals surface area contributed by atoms with Crippen LogP contribution >= 0.6 is 46.4 Å². The Morgan fingerprint density at radius 3 is 2.10 bits per heavy atom. The number of aliphatic hydroxyl groups is 2. The fraction of sp³-hybridized carbons (Fsp3) is 0.333. The number of rotatable bonds is 7. The molecule has 0 amide bonds. The van der Waals surface area contributed by atoms with Gasteiger partial charge < -0.3 is 24.4 Å². The second kappa shape index (κ2) is 10.1. The van der Waals surface area contributed by atoms with Crippen molar-refractivity contribution in [3.8, 4) is 12.3 Å². The quantitative estimate of drug-likeness (QED) is 0.559. The molecule has 1 fully saturated rings. The highest BCUT2D eigenvalue weighted by Crippen LogP contribution is 2.34. The normalized spacial score (nSPS) is 26.0. The lowest BCUT2D eigenvalue weighted by atomic mass is 9.96. The molecule has 1 unspecified atom stereocenters. The van der Waals surface area contributed by atoms with Crippen molar-refractivity contribution >= 4 is 46.4 Å². The molecule has 2 aromatic carbocycles. The van der Waals surface area contributed by atoms with Crippen molar-refractivity contribution in [2.24, 2.45) is 0 Å². The molecule has 5 nitrogen and oxygen atoms in total. The van der Waals surface area contributed by atoms with Gasteiger partial charge in [0.1, 0.15) is 12.2 Å². The fourth-order valence-corrected chi connectivity index (χ4v) is 3.95. The third-order valence-electron chi connectivity index (χ3n) is 4.67. The topological polar surface area (TPSA) is 68.2 Å². The number of benzene rings is 2. The van der Waals surface area contributed by atoms with E-state index in [4.69, 9.17) is 67.0 Å². The van der Waals surface area contributed by atoms with Gasteiger partial charge in [-0.1, -0.05) is 64.5 Å². The summed E-state index contributed by atoms with van der Waals surface area (Å²) in [7, 11) is 0. The number of aliphatic hydroxyl groups excluding tert-OH is 1. The van der Waals surface area contributed by atoms with E-state index in [9.17, 15) is 10.2 Å². The number of ether oxygens (including phenoxy) is 3. The predicted molar refractivity (Wildman–Crippen MR) is 116 cm³/mol. The highest BCUT2D eigenvalue weighted by molar-refractivity contribution is 6.35. The van der Waals surface area contributed by atoms with E-state index >= 15 is 0 Å². The number of halogens is 4. The molecule has 30 heavy (non-hydrogen) atoms. The Morgan fingerprint density at radius 2 is 1.57 bits per heavy atom. The molecule has 0 aromatic heterocycles. The summed E-state index contributed by atoms with van der Waals surface area (Å²) in [6.07, 6.45) is 1.91. The van der Waals surface area contributed by atoms with Crippen molar-refractivity contribution in [1.82, 2.24) is 0 Å². The van der Waals surface area contributed by atoms with E-state index in [1.165, 1.54) is 0 Å². The molecule has 0 aliphatic carbocycles. The summed E-state index contributed by atoms with van der Waals surface area (Å²) in [6, 6.07) is 9.97. The Bertz CT molecular complexity index is 947. The zero-order valence-electron chi connectivity index (χ0n) is 15.5. The lowest BCUT2D eigenvalue weighted by molar-refractivity contribution is -0.158. The molecule has 2 aromatic rings. The maximum absolute atomic E-state index is 10.7. The largest absolute Gasteiger partial charge is 0.374 e. The summed E-state index contributed by atoms with van der Waals surface area (Å²) in [5.74, 6) is 2.16. The van der Waals surface area contributed by atoms with Gasteiger partial charge in [-0.3, -0.25) is 0 Å². The summed E-state index contributed by atoms with van der Waals surface area (Å²) in [6.45, 7) is 0.162. The van der Waals surface area contributed by atoms with E-state index in [1.807, 2.05) is 0 Å². The van der Waals surface area contributed by atoms with Crippen molar-refractivity contribution in [2.45, 2.75) is 37.3 Å². The van der Waals surface area contributed by atoms with Gasteiger partial charge in [-0.25, -0.2) is 0 Å². The minimum atomic E-state index is -2.05. The molecule has 3 rings (SSSR count). The summed E-state index contributed by atoms with van der Waals surface area (Å²) >= 11 is 24.1. The molecule has 9 heteroatoms. The van der Waals surface area contributed by atoms with Crippen LogP contribution in [0, 0.1) is 12.3 Å². The molecule has 1 heterocycles. The first-order valence-corrected chi connectivity index (χ1v) is 10.4. The first-order valence-electron chi connectivity index (χ1n) is 8.85. The Balaban J connectivity index is 1.68. The second-order valence-corrected chi connectivity index (χ2v) is 8.40. The molecule has 1 aliphatic rings. The zero-order chi connectivity index (χ0) is 21.9. The molecule has 2 N–H and O–H groups in total. The summed E-state index contributed by atoms with van der Waals surface area (Å²) in [5.41, 5.74) is -0.697. The molecule has 1 aliphatic heterocycles. The van der Waals surface area contributed by atoms with E-state index in [-0.39, 0.29) is 19.8 Å². The molecule has 4 atom stereocenters. The van der Waals surface area contributed by atoms with Crippen molar-refractivity contribution in [3.05, 3.63) is 67.6 Å². The summed E-state index contributed by atoms with van der Waals surface area (Å²) in [4.78, 5) is 0. The number of terminal acetylenes is 1. The van der Waals surface area contributed by atoms with Crippen molar-refractivity contribution in [1.29, 1.82) is 0 Å². The van der Waals surface area contributed by atoms with Gasteiger partial charge in [0, 0.05) is 20.1 Å². The van der Waals surface area contributed by atoms with Gasteiger partial charge in [0.2, 0.25) is 5.60 Å². The van der Waals surface area contributed by atoms with E-state index in [1.54, 1.807) is 36.4 Å². The molecular formula is C21H18Cl4O5. The molecular weight excluding hydrogens is 474 g/mol. The van der Waals surface area contributed by atoms with Crippen molar-refractivity contribution < 1.29 is 24.4 Å². The highest BCUT2D eigenvalue weighted by Gasteiger charge is 2.55. The monoisotopic (exact) mass is 490 g/mol. The van der Waals surface area contributed by atoms with Gasteiger partial charge in [-0.2, -0.15) is 0 Å². The predicted octanol–water partition coefficient (Wildman–Crippen LogP) is 4.48. The highest BCUT2D eigenvalue weighted by atomic mass is 35.5. The van der Waals surface area contributed by atoms with Gasteiger partial charge >= 0.3 is 0 Å². The van der Waals surface area contributed by atoms with Crippen LogP contribution < -0.4 is 0 Å². The Morgan fingerprint density at radius 1 is 1.00 bits per heavy atom. The smallest absolute Gasteiger partial charge is 0.205 e. The lowest BCUT2D eigenvalue weighted by Gasteiger charge is -2.27. The van der Waals surface area contributed by atoms with Crippen molar-refractivity contribution in [3.63, 3.8) is 0 Å². The van der Waals surface area contributed by atoms with Gasteiger partial charge in [0.15, 0.2) is 6.29 Å². The average molecular weight is 492 g/mol. The fourth-order valence-electron chi connectivity index (χ4n) is 3.02. The van der Waals surface area contributed by atoms with Crippen LogP contribution in [-0.4, -0.2) is 40.9 Å². The maximum atomic E-state index is 10.7. The van der Waals surface area contributed by atoms with Crippen LogP contribution in [0.5, 0.6) is 0 Å². The van der Waals surface area contributed by atoms with E-state index in [0.29, 0.717) is 25.7 Å². The first kappa shape index (κ1) is 23.6. The Hall–Kier alpha value is -1.04. The number of hydrogen-bond acceptors (Lipinski definition) is 5. The Labute approximate surface area is 194 Å². The second-order valence-electron chi connectivity index (χ2n) is 6.71. The lowest BCUT2D eigenvalue weighted by Crippen LogP contribution is -2.49. The minimum Gasteiger partial charge on any atom is -0.374 e. The van der Waals surface area contributed by atoms with Crippen LogP contribution in [0.3, 0.4) is 0 Å². The average Bonchev–Trinajstić information content (AvgIpc) is 2.93. The van der Waals surface area contributed by atoms with Crippen LogP contribution in [-0.2, 0) is 27.4 Å². The third-order valence-corrected chi connectivity index (χ3v) is 5.85. The molecule has 160 valence electrons. The number of hydrogen-bond donors (Lipinski definition) is 2. The summed E-state index contributed by atoms with van der Waals surface area (Å²) in [5, 5.41) is 22.7. The molecule has 0 saturated carbocycles. The molecule has 0 bridgehead atoms. The van der Waals surface area contributed by atoms with E-state index < -0.39 is 24.1 Å². The van der Waals surface area contributed by atoms with Crippen LogP contribution in [0.1, 0.15) is 11.1 Å². The van der Waals surface area contributed by atoms with Crippen LogP contribution in [0.2, 0.25) is 20.1 Å². The summed E-state index contributed by atoms with van der Waals surface area (Å²) < 4.78 is 16.9. The minimum absolute atomic E-state index is 0.0141. The van der Waals surface area contributed by atoms with E-state index in [0.717, 1.165) is 5.56 Å². The molecule has 0 spiro atoms. The van der Waals surface area contributed by atoms with Gasteiger partial charge in [0.05, 0.1) is 19.8 Å².